The van der Waals surface area contributed by atoms with Crippen LogP contribution >= 0.6 is 35.0 Å². The lowest BCUT2D eigenvalue weighted by molar-refractivity contribution is -0.113. The minimum absolute atomic E-state index is 0.0647. The molecule has 0 aliphatic carbocycles. The summed E-state index contributed by atoms with van der Waals surface area (Å²) < 4.78 is 15.3. The second-order valence-corrected chi connectivity index (χ2v) is 8.99. The zero-order valence-electron chi connectivity index (χ0n) is 18.2. The summed E-state index contributed by atoms with van der Waals surface area (Å²) in [5.41, 5.74) is 1.49. The summed E-state index contributed by atoms with van der Waals surface area (Å²) in [7, 11) is 0. The number of hydrogen-bond donors (Lipinski definition) is 2. The highest BCUT2D eigenvalue weighted by atomic mass is 35.5. The first-order chi connectivity index (χ1) is 15.7. The predicted octanol–water partition coefficient (Wildman–Crippen LogP) is 5.27. The highest BCUT2D eigenvalue weighted by Gasteiger charge is 2.21. The van der Waals surface area contributed by atoms with Crippen LogP contribution in [0.4, 0.5) is 10.1 Å². The first-order valence-electron chi connectivity index (χ1n) is 10.1. The molecular formula is C22H22Cl2FN5O2S. The Balaban J connectivity index is 1.65. The van der Waals surface area contributed by atoms with Gasteiger partial charge in [-0.15, -0.1) is 10.2 Å². The number of aromatic nitrogens is 3. The molecule has 174 valence electrons. The number of halogens is 3. The molecule has 0 spiro atoms. The standard InChI is InChI=1S/C22H22Cl2FN5O2S/c1-4-30-20(13(3)26-21(32)16-8-6-14(23)9-17(16)24)28-29-22(30)33-11-19(31)27-18-10-15(25)7-5-12(18)2/h5-10,13H,4,11H2,1-3H3,(H,26,32)(H,27,31)/t13-/m0/s1. The number of benzene rings is 2. The Morgan fingerprint density at radius 3 is 2.64 bits per heavy atom. The van der Waals surface area contributed by atoms with E-state index in [0.29, 0.717) is 33.8 Å². The lowest BCUT2D eigenvalue weighted by Crippen LogP contribution is -2.29. The van der Waals surface area contributed by atoms with Crippen LogP contribution in [-0.4, -0.2) is 32.3 Å². The van der Waals surface area contributed by atoms with Crippen LogP contribution in [0.1, 0.15) is 41.6 Å². The van der Waals surface area contributed by atoms with Gasteiger partial charge < -0.3 is 15.2 Å². The summed E-state index contributed by atoms with van der Waals surface area (Å²) in [4.78, 5) is 25.0. The Kier molecular flexibility index (Phi) is 8.34. The molecule has 7 nitrogen and oxygen atoms in total. The molecule has 1 atom stereocenters. The van der Waals surface area contributed by atoms with Crippen LogP contribution < -0.4 is 10.6 Å². The molecule has 3 aromatic rings. The third-order valence-electron chi connectivity index (χ3n) is 4.78. The molecule has 0 radical (unpaired) electrons. The molecule has 0 unspecified atom stereocenters. The number of thioether (sulfide) groups is 1. The molecule has 3 rings (SSSR count). The van der Waals surface area contributed by atoms with E-state index in [0.717, 1.165) is 5.56 Å². The van der Waals surface area contributed by atoms with Gasteiger partial charge in [-0.2, -0.15) is 0 Å². The van der Waals surface area contributed by atoms with Crippen molar-refractivity contribution in [1.82, 2.24) is 20.1 Å². The highest BCUT2D eigenvalue weighted by Crippen LogP contribution is 2.24. The van der Waals surface area contributed by atoms with Gasteiger partial charge in [-0.05, 0) is 56.7 Å². The van der Waals surface area contributed by atoms with E-state index in [1.807, 2.05) is 11.5 Å². The summed E-state index contributed by atoms with van der Waals surface area (Å²) in [6.45, 7) is 6.02. The van der Waals surface area contributed by atoms with Gasteiger partial charge in [0.05, 0.1) is 22.4 Å². The summed E-state index contributed by atoms with van der Waals surface area (Å²) in [5, 5.41) is 15.2. The van der Waals surface area contributed by atoms with Gasteiger partial charge in [0.2, 0.25) is 5.91 Å². The predicted molar refractivity (Wildman–Crippen MR) is 129 cm³/mol. The molecule has 2 amide bonds. The van der Waals surface area contributed by atoms with Crippen LogP contribution in [0.3, 0.4) is 0 Å². The fraction of sp³-hybridized carbons (Fsp3) is 0.273. The Morgan fingerprint density at radius 2 is 1.94 bits per heavy atom. The fourth-order valence-corrected chi connectivity index (χ4v) is 4.39. The summed E-state index contributed by atoms with van der Waals surface area (Å²) in [6.07, 6.45) is 0. The van der Waals surface area contributed by atoms with Gasteiger partial charge in [-0.25, -0.2) is 4.39 Å². The van der Waals surface area contributed by atoms with E-state index in [-0.39, 0.29) is 22.6 Å². The number of aryl methyl sites for hydroxylation is 1. The first kappa shape index (κ1) is 25.0. The van der Waals surface area contributed by atoms with E-state index in [2.05, 4.69) is 20.8 Å². The maximum atomic E-state index is 13.4. The molecule has 1 heterocycles. The van der Waals surface area contributed by atoms with Crippen LogP contribution in [0, 0.1) is 12.7 Å². The van der Waals surface area contributed by atoms with Gasteiger partial charge in [0.1, 0.15) is 5.82 Å². The number of carbonyl (C=O) groups excluding carboxylic acids is 2. The lowest BCUT2D eigenvalue weighted by Gasteiger charge is -2.15. The van der Waals surface area contributed by atoms with Gasteiger partial charge in [0, 0.05) is 17.3 Å². The van der Waals surface area contributed by atoms with Gasteiger partial charge >= 0.3 is 0 Å². The van der Waals surface area contributed by atoms with Crippen molar-refractivity contribution in [2.45, 2.75) is 38.5 Å². The topological polar surface area (TPSA) is 88.9 Å². The summed E-state index contributed by atoms with van der Waals surface area (Å²) in [6, 6.07) is 8.40. The molecule has 0 saturated heterocycles. The quantitative estimate of drug-likeness (QED) is 0.403. The highest BCUT2D eigenvalue weighted by molar-refractivity contribution is 7.99. The van der Waals surface area contributed by atoms with Crippen LogP contribution in [0.2, 0.25) is 10.0 Å². The van der Waals surface area contributed by atoms with Crippen molar-refractivity contribution >= 4 is 52.5 Å². The molecule has 0 fully saturated rings. The Hall–Kier alpha value is -2.62. The van der Waals surface area contributed by atoms with Gasteiger partial charge in [0.15, 0.2) is 11.0 Å². The number of hydrogen-bond acceptors (Lipinski definition) is 5. The molecule has 0 bridgehead atoms. The number of anilines is 1. The van der Waals surface area contributed by atoms with Crippen LogP contribution in [0.15, 0.2) is 41.6 Å². The molecule has 2 N–H and O–H groups in total. The Bertz CT molecular complexity index is 1190. The van der Waals surface area contributed by atoms with E-state index in [1.54, 1.807) is 32.0 Å². The summed E-state index contributed by atoms with van der Waals surface area (Å²) in [5.74, 6) is -0.474. The SMILES string of the molecule is CCn1c(SCC(=O)Nc2cc(F)ccc2C)nnc1[C@H](C)NC(=O)c1ccc(Cl)cc1Cl. The minimum atomic E-state index is -0.463. The molecular weight excluding hydrogens is 488 g/mol. The second-order valence-electron chi connectivity index (χ2n) is 7.20. The average Bonchev–Trinajstić information content (AvgIpc) is 3.17. The average molecular weight is 510 g/mol. The fourth-order valence-electron chi connectivity index (χ4n) is 3.08. The van der Waals surface area contributed by atoms with Crippen molar-refractivity contribution in [3.63, 3.8) is 0 Å². The van der Waals surface area contributed by atoms with Gasteiger partial charge in [-0.1, -0.05) is 41.0 Å². The maximum Gasteiger partial charge on any atom is 0.253 e. The zero-order chi connectivity index (χ0) is 24.1. The molecule has 0 aliphatic heterocycles. The van der Waals surface area contributed by atoms with E-state index < -0.39 is 11.9 Å². The summed E-state index contributed by atoms with van der Waals surface area (Å²) >= 11 is 13.2. The second kappa shape index (κ2) is 11.0. The van der Waals surface area contributed by atoms with E-state index in [1.165, 1.54) is 30.0 Å². The van der Waals surface area contributed by atoms with Crippen LogP contribution in [0.5, 0.6) is 0 Å². The van der Waals surface area contributed by atoms with Crippen LogP contribution in [0.25, 0.3) is 0 Å². The number of rotatable bonds is 8. The molecule has 33 heavy (non-hydrogen) atoms. The first-order valence-corrected chi connectivity index (χ1v) is 11.8. The minimum Gasteiger partial charge on any atom is -0.342 e. The van der Waals surface area contributed by atoms with Crippen LogP contribution in [-0.2, 0) is 11.3 Å². The smallest absolute Gasteiger partial charge is 0.253 e. The van der Waals surface area contributed by atoms with Gasteiger partial charge in [-0.3, -0.25) is 9.59 Å². The molecule has 0 saturated carbocycles. The van der Waals surface area contributed by atoms with Crippen molar-refractivity contribution in [1.29, 1.82) is 0 Å². The molecule has 11 heteroatoms. The van der Waals surface area contributed by atoms with Crippen molar-refractivity contribution in [2.75, 3.05) is 11.1 Å². The third kappa shape index (κ3) is 6.25. The van der Waals surface area contributed by atoms with Crippen molar-refractivity contribution in [3.05, 3.63) is 69.2 Å². The number of nitrogens with zero attached hydrogens (tertiary/aromatic N) is 3. The largest absolute Gasteiger partial charge is 0.342 e. The molecule has 1 aromatic heterocycles. The normalized spacial score (nSPS) is 11.8. The number of carbonyl (C=O) groups is 2. The van der Waals surface area contributed by atoms with Crippen molar-refractivity contribution in [3.8, 4) is 0 Å². The Morgan fingerprint density at radius 1 is 1.18 bits per heavy atom. The number of amides is 2. The maximum absolute atomic E-state index is 13.4. The van der Waals surface area contributed by atoms with Crippen molar-refractivity contribution in [2.24, 2.45) is 0 Å². The lowest BCUT2D eigenvalue weighted by atomic mass is 10.2. The van der Waals surface area contributed by atoms with Gasteiger partial charge in [0.25, 0.3) is 5.91 Å². The third-order valence-corrected chi connectivity index (χ3v) is 6.29. The van der Waals surface area contributed by atoms with E-state index >= 15 is 0 Å². The van der Waals surface area contributed by atoms with E-state index in [9.17, 15) is 14.0 Å². The van der Waals surface area contributed by atoms with Crippen molar-refractivity contribution < 1.29 is 14.0 Å². The Labute approximate surface area is 205 Å². The monoisotopic (exact) mass is 509 g/mol. The van der Waals surface area contributed by atoms with E-state index in [4.69, 9.17) is 23.2 Å². The number of nitrogens with one attached hydrogen (secondary N) is 2. The molecule has 2 aromatic carbocycles. The molecule has 0 aliphatic rings. The zero-order valence-corrected chi connectivity index (χ0v) is 20.5.